The Hall–Kier alpha value is -7.41. The van der Waals surface area contributed by atoms with Crippen molar-refractivity contribution in [3.8, 4) is 34.1 Å². The first kappa shape index (κ1) is 56.9. The van der Waals surface area contributed by atoms with Crippen LogP contribution in [-0.2, 0) is 44.6 Å². The number of para-hydroxylation sites is 1. The van der Waals surface area contributed by atoms with Crippen LogP contribution in [-0.4, -0.2) is 115 Å². The lowest BCUT2D eigenvalue weighted by atomic mass is 10.0. The van der Waals surface area contributed by atoms with Crippen molar-refractivity contribution in [2.45, 2.75) is 39.2 Å². The summed E-state index contributed by atoms with van der Waals surface area (Å²) in [6, 6.07) is 35.8. The fourth-order valence-electron chi connectivity index (χ4n) is 6.99. The number of carbonyl (C=O) groups excluding carboxylic acids is 3. The van der Waals surface area contributed by atoms with E-state index in [1.807, 2.05) is 89.9 Å². The molecule has 0 saturated heterocycles. The molecule has 1 heterocycles. The molecule has 0 amide bonds. The highest BCUT2D eigenvalue weighted by Crippen LogP contribution is 2.30. The summed E-state index contributed by atoms with van der Waals surface area (Å²) in [5, 5.41) is 7.72. The number of esters is 3. The van der Waals surface area contributed by atoms with Crippen molar-refractivity contribution in [2.75, 3.05) is 90.8 Å². The molecule has 0 aliphatic heterocycles. The summed E-state index contributed by atoms with van der Waals surface area (Å²) >= 11 is 1.59. The van der Waals surface area contributed by atoms with Crippen molar-refractivity contribution in [1.29, 1.82) is 0 Å². The molecular formula is C58H65N3O13S. The summed E-state index contributed by atoms with van der Waals surface area (Å²) in [6.07, 6.45) is 8.24. The lowest BCUT2D eigenvalue weighted by Crippen LogP contribution is -2.18. The number of hydrogen-bond donors (Lipinski definition) is 0. The van der Waals surface area contributed by atoms with E-state index in [0.29, 0.717) is 93.5 Å². The fraction of sp³-hybridized carbons (Fsp3) is 0.328. The van der Waals surface area contributed by atoms with Crippen molar-refractivity contribution >= 4 is 50.8 Å². The van der Waals surface area contributed by atoms with E-state index in [4.69, 9.17) is 57.5 Å². The van der Waals surface area contributed by atoms with Gasteiger partial charge in [0.05, 0.1) is 74.8 Å². The standard InChI is InChI=1S/C58H65N3O13S/c1-4-7-8-11-28-61(58-60-53-12-9-10-13-54(53)75-58)59-42-48-41-46(14-15-47(48)43-73-51-26-24-50(25-27-51)70-38-34-66-30-32-68-36-40-72-56(63)6-3)57(64)74-52-22-18-45(19-23-52)44-16-20-49(21-17-44)69-37-33-65-29-31-67-35-39-71-55(62)5-2/h5-6,9-10,12-27,41-42H,2-4,7-8,11,28-40,43H2,1H3/b59-42+. The highest BCUT2D eigenvalue weighted by Gasteiger charge is 2.16. The number of unbranched alkanes of at least 4 members (excludes halogenated alkanes) is 3. The van der Waals surface area contributed by atoms with Gasteiger partial charge in [-0.15, -0.1) is 0 Å². The maximum Gasteiger partial charge on any atom is 0.343 e. The summed E-state index contributed by atoms with van der Waals surface area (Å²) in [5.74, 6) is 0.908. The van der Waals surface area contributed by atoms with Crippen LogP contribution in [0.25, 0.3) is 21.3 Å². The zero-order valence-electron chi connectivity index (χ0n) is 42.4. The maximum atomic E-state index is 13.8. The number of nitrogens with zero attached hydrogens (tertiary/aromatic N) is 3. The third kappa shape index (κ3) is 20.4. The lowest BCUT2D eigenvalue weighted by molar-refractivity contribution is -0.140. The SMILES string of the molecule is C=CC(=O)OCCOCCOCCOc1ccc(OCc2ccc(C(=O)Oc3ccc(-c4ccc(OCCOCCOCCOC(=O)C=C)cc4)cc3)cc2/C=N/N(CCCCCC)c2nc3ccccc3s2)cc1. The predicted octanol–water partition coefficient (Wildman–Crippen LogP) is 10.5. The first-order valence-electron chi connectivity index (χ1n) is 24.9. The number of fused-ring (bicyclic) bond motifs is 1. The Labute approximate surface area is 442 Å². The number of ether oxygens (including phenoxy) is 10. The van der Waals surface area contributed by atoms with Gasteiger partial charge in [0, 0.05) is 24.3 Å². The van der Waals surface area contributed by atoms with Crippen LogP contribution in [0.2, 0.25) is 0 Å². The molecule has 0 radical (unpaired) electrons. The Morgan fingerprint density at radius 2 is 1.11 bits per heavy atom. The average Bonchev–Trinajstić information content (AvgIpc) is 3.88. The molecule has 0 atom stereocenters. The van der Waals surface area contributed by atoms with Gasteiger partial charge < -0.3 is 47.4 Å². The number of rotatable bonds is 36. The quantitative estimate of drug-likeness (QED) is 0.00908. The highest BCUT2D eigenvalue weighted by atomic mass is 32.1. The van der Waals surface area contributed by atoms with Crippen LogP contribution in [0.15, 0.2) is 146 Å². The van der Waals surface area contributed by atoms with Crippen molar-refractivity contribution in [3.63, 3.8) is 0 Å². The molecule has 0 unspecified atom stereocenters. The molecule has 5 aromatic carbocycles. The minimum Gasteiger partial charge on any atom is -0.491 e. The van der Waals surface area contributed by atoms with Crippen LogP contribution in [0.4, 0.5) is 5.13 Å². The Balaban J connectivity index is 1.04. The van der Waals surface area contributed by atoms with Crippen molar-refractivity contribution < 1.29 is 61.8 Å². The zero-order valence-corrected chi connectivity index (χ0v) is 43.2. The fourth-order valence-corrected chi connectivity index (χ4v) is 7.94. The van der Waals surface area contributed by atoms with Crippen LogP contribution in [0.5, 0.6) is 23.0 Å². The van der Waals surface area contributed by atoms with Gasteiger partial charge in [-0.05, 0) is 95.9 Å². The maximum absolute atomic E-state index is 13.8. The monoisotopic (exact) mass is 1040 g/mol. The molecule has 0 bridgehead atoms. The molecule has 0 N–H and O–H groups in total. The van der Waals surface area contributed by atoms with E-state index in [1.54, 1.807) is 41.8 Å². The number of hydrogen-bond acceptors (Lipinski definition) is 17. The van der Waals surface area contributed by atoms with Gasteiger partial charge in [0.25, 0.3) is 0 Å². The number of benzene rings is 5. The van der Waals surface area contributed by atoms with Crippen LogP contribution in [0.3, 0.4) is 0 Å². The molecule has 16 nitrogen and oxygen atoms in total. The number of anilines is 1. The smallest absolute Gasteiger partial charge is 0.343 e. The predicted molar refractivity (Wildman–Crippen MR) is 289 cm³/mol. The molecule has 0 spiro atoms. The Morgan fingerprint density at radius 3 is 1.67 bits per heavy atom. The molecule has 0 aliphatic rings. The highest BCUT2D eigenvalue weighted by molar-refractivity contribution is 7.22. The number of carbonyl (C=O) groups is 3. The minimum atomic E-state index is -0.518. The Kier molecular flexibility index (Phi) is 24.8. The van der Waals surface area contributed by atoms with E-state index >= 15 is 0 Å². The molecular weight excluding hydrogens is 979 g/mol. The lowest BCUT2D eigenvalue weighted by Gasteiger charge is -2.16. The van der Waals surface area contributed by atoms with Crippen molar-refractivity contribution in [2.24, 2.45) is 5.10 Å². The molecule has 6 aromatic rings. The average molecular weight is 1040 g/mol. The molecule has 396 valence electrons. The molecule has 0 saturated carbocycles. The molecule has 0 aliphatic carbocycles. The molecule has 0 fully saturated rings. The van der Waals surface area contributed by atoms with Crippen molar-refractivity contribution in [1.82, 2.24) is 4.98 Å². The first-order chi connectivity index (χ1) is 36.8. The van der Waals surface area contributed by atoms with E-state index in [0.717, 1.165) is 69.9 Å². The number of hydrazone groups is 1. The Morgan fingerprint density at radius 1 is 0.587 bits per heavy atom. The second-order valence-electron chi connectivity index (χ2n) is 16.4. The third-order valence-corrected chi connectivity index (χ3v) is 12.0. The zero-order chi connectivity index (χ0) is 52.7. The van der Waals surface area contributed by atoms with Crippen LogP contribution in [0, 0.1) is 0 Å². The van der Waals surface area contributed by atoms with Gasteiger partial charge >= 0.3 is 17.9 Å². The summed E-state index contributed by atoms with van der Waals surface area (Å²) in [4.78, 5) is 40.8. The van der Waals surface area contributed by atoms with Crippen molar-refractivity contribution in [3.05, 3.63) is 157 Å². The molecule has 1 aromatic heterocycles. The molecule has 6 rings (SSSR count). The van der Waals surface area contributed by atoms with Gasteiger partial charge in [-0.2, -0.15) is 5.10 Å². The topological polar surface area (TPSA) is 172 Å². The van der Waals surface area contributed by atoms with Gasteiger partial charge in [-0.1, -0.05) is 93.1 Å². The minimum absolute atomic E-state index is 0.157. The van der Waals surface area contributed by atoms with E-state index in [9.17, 15) is 14.4 Å². The molecule has 17 heteroatoms. The second kappa shape index (κ2) is 32.7. The van der Waals surface area contributed by atoms with E-state index in [1.165, 1.54) is 0 Å². The van der Waals surface area contributed by atoms with Gasteiger partial charge in [0.1, 0.15) is 56.0 Å². The summed E-state index contributed by atoms with van der Waals surface area (Å²) < 4.78 is 56.5. The van der Waals surface area contributed by atoms with E-state index in [-0.39, 0.29) is 33.0 Å². The van der Waals surface area contributed by atoms with Gasteiger partial charge in [-0.3, -0.25) is 0 Å². The summed E-state index contributed by atoms with van der Waals surface area (Å²) in [6.45, 7) is 13.6. The van der Waals surface area contributed by atoms with Gasteiger partial charge in [0.2, 0.25) is 5.13 Å². The second-order valence-corrected chi connectivity index (χ2v) is 17.4. The molecule has 75 heavy (non-hydrogen) atoms. The van der Waals surface area contributed by atoms with Gasteiger partial charge in [-0.25, -0.2) is 24.4 Å². The van der Waals surface area contributed by atoms with Crippen LogP contribution in [0.1, 0.15) is 54.1 Å². The largest absolute Gasteiger partial charge is 0.491 e. The summed E-state index contributed by atoms with van der Waals surface area (Å²) in [5.41, 5.74) is 4.66. The number of aromatic nitrogens is 1. The van der Waals surface area contributed by atoms with Crippen LogP contribution < -0.4 is 24.0 Å². The van der Waals surface area contributed by atoms with E-state index in [2.05, 4.69) is 26.1 Å². The third-order valence-electron chi connectivity index (χ3n) is 10.9. The Bertz CT molecular complexity index is 2680. The normalized spacial score (nSPS) is 11.1. The summed E-state index contributed by atoms with van der Waals surface area (Å²) in [7, 11) is 0. The number of thiazole rings is 1. The van der Waals surface area contributed by atoms with Gasteiger partial charge in [0.15, 0.2) is 0 Å². The van der Waals surface area contributed by atoms with E-state index < -0.39 is 17.9 Å². The van der Waals surface area contributed by atoms with Crippen LogP contribution >= 0.6 is 11.3 Å². The first-order valence-corrected chi connectivity index (χ1v) is 25.7.